The number of amides is 1. The number of nitrogens with one attached hydrogen (secondary N) is 1. The molecule has 26 heavy (non-hydrogen) atoms. The lowest BCUT2D eigenvalue weighted by molar-refractivity contribution is 0.0949. The molecule has 0 spiro atoms. The molecule has 0 aliphatic rings. The molecule has 0 radical (unpaired) electrons. The summed E-state index contributed by atoms with van der Waals surface area (Å²) in [4.78, 5) is 12.5. The highest BCUT2D eigenvalue weighted by atomic mass is 35.5. The second kappa shape index (κ2) is 7.61. The number of carbonyl (C=O) groups is 1. The number of aromatic nitrogens is 3. The van der Waals surface area contributed by atoms with E-state index in [2.05, 4.69) is 15.5 Å². The van der Waals surface area contributed by atoms with Crippen LogP contribution in [0.4, 0.5) is 0 Å². The van der Waals surface area contributed by atoms with Crippen LogP contribution in [0.3, 0.4) is 0 Å². The number of hydrogen-bond donors (Lipinski definition) is 1. The van der Waals surface area contributed by atoms with Crippen LogP contribution in [0, 0.1) is 0 Å². The van der Waals surface area contributed by atoms with Crippen LogP contribution in [0.2, 0.25) is 5.02 Å². The minimum atomic E-state index is -0.297. The van der Waals surface area contributed by atoms with Gasteiger partial charge in [-0.25, -0.2) is 0 Å². The molecule has 3 rings (SSSR count). The van der Waals surface area contributed by atoms with Crippen molar-refractivity contribution in [2.45, 2.75) is 26.5 Å². The van der Waals surface area contributed by atoms with Crippen molar-refractivity contribution in [3.8, 4) is 11.5 Å². The zero-order valence-electron chi connectivity index (χ0n) is 14.7. The Morgan fingerprint density at radius 3 is 2.85 bits per heavy atom. The molecule has 7 nitrogen and oxygen atoms in total. The maximum atomic E-state index is 12.5. The largest absolute Gasteiger partial charge is 0.493 e. The molecule has 0 saturated heterocycles. The van der Waals surface area contributed by atoms with Gasteiger partial charge in [-0.05, 0) is 38.1 Å². The number of rotatable bonds is 6. The fourth-order valence-electron chi connectivity index (χ4n) is 2.47. The third kappa shape index (κ3) is 3.72. The molecule has 0 aliphatic carbocycles. The zero-order chi connectivity index (χ0) is 18.7. The fraction of sp³-hybridized carbons (Fsp3) is 0.278. The van der Waals surface area contributed by atoms with E-state index in [0.29, 0.717) is 27.9 Å². The van der Waals surface area contributed by atoms with Crippen LogP contribution in [0.15, 0.2) is 36.5 Å². The van der Waals surface area contributed by atoms with Gasteiger partial charge in [0.1, 0.15) is 0 Å². The van der Waals surface area contributed by atoms with Crippen LogP contribution in [0.5, 0.6) is 11.5 Å². The number of halogens is 1. The van der Waals surface area contributed by atoms with Crippen molar-refractivity contribution >= 4 is 23.2 Å². The third-order valence-corrected chi connectivity index (χ3v) is 3.92. The molecule has 8 heteroatoms. The molecule has 0 atom stereocenters. The van der Waals surface area contributed by atoms with Gasteiger partial charge in [-0.2, -0.15) is 0 Å². The van der Waals surface area contributed by atoms with Gasteiger partial charge in [0.2, 0.25) is 0 Å². The first-order chi connectivity index (χ1) is 12.5. The second-order valence-corrected chi connectivity index (χ2v) is 6.29. The Morgan fingerprint density at radius 2 is 2.12 bits per heavy atom. The Morgan fingerprint density at radius 1 is 1.31 bits per heavy atom. The van der Waals surface area contributed by atoms with Crippen molar-refractivity contribution in [1.82, 2.24) is 19.9 Å². The summed E-state index contributed by atoms with van der Waals surface area (Å²) in [6.45, 7) is 4.01. The fourth-order valence-corrected chi connectivity index (χ4v) is 2.73. The Kier molecular flexibility index (Phi) is 5.27. The van der Waals surface area contributed by atoms with Gasteiger partial charge >= 0.3 is 0 Å². The standard InChI is InChI=1S/C18H19ClN4O3/c1-11(2)26-17-13(19)8-12(9-14(17)25-3)18(24)20-10-16-22-21-15-6-4-5-7-23(15)16/h4-9,11H,10H2,1-3H3,(H,20,24). The molecule has 0 bridgehead atoms. The molecule has 0 aliphatic heterocycles. The van der Waals surface area contributed by atoms with Crippen molar-refractivity contribution in [3.05, 3.63) is 52.9 Å². The van der Waals surface area contributed by atoms with Gasteiger partial charge in [0.25, 0.3) is 5.91 Å². The van der Waals surface area contributed by atoms with Crippen molar-refractivity contribution in [2.75, 3.05) is 7.11 Å². The number of nitrogens with zero attached hydrogens (tertiary/aromatic N) is 3. The summed E-state index contributed by atoms with van der Waals surface area (Å²) < 4.78 is 12.8. The Hall–Kier alpha value is -2.80. The van der Waals surface area contributed by atoms with Gasteiger partial charge < -0.3 is 14.8 Å². The number of methoxy groups -OCH3 is 1. The first-order valence-corrected chi connectivity index (χ1v) is 8.48. The quantitative estimate of drug-likeness (QED) is 0.717. The van der Waals surface area contributed by atoms with Crippen LogP contribution in [0.25, 0.3) is 5.65 Å². The lowest BCUT2D eigenvalue weighted by Crippen LogP contribution is -2.24. The van der Waals surface area contributed by atoms with Gasteiger partial charge in [0, 0.05) is 11.8 Å². The summed E-state index contributed by atoms with van der Waals surface area (Å²) >= 11 is 6.27. The van der Waals surface area contributed by atoms with Crippen LogP contribution in [-0.4, -0.2) is 33.7 Å². The summed E-state index contributed by atoms with van der Waals surface area (Å²) in [5.74, 6) is 1.16. The molecule has 0 unspecified atom stereocenters. The maximum Gasteiger partial charge on any atom is 0.251 e. The molecular formula is C18H19ClN4O3. The minimum Gasteiger partial charge on any atom is -0.493 e. The average molecular weight is 375 g/mol. The van der Waals surface area contributed by atoms with Crippen LogP contribution in [-0.2, 0) is 6.54 Å². The van der Waals surface area contributed by atoms with Gasteiger partial charge in [-0.1, -0.05) is 17.7 Å². The summed E-state index contributed by atoms with van der Waals surface area (Å²) in [6, 6.07) is 8.75. The first-order valence-electron chi connectivity index (χ1n) is 8.10. The average Bonchev–Trinajstić information content (AvgIpc) is 3.04. The number of ether oxygens (including phenoxy) is 2. The number of hydrogen-bond acceptors (Lipinski definition) is 5. The molecule has 0 fully saturated rings. The Bertz CT molecular complexity index is 939. The lowest BCUT2D eigenvalue weighted by Gasteiger charge is -2.16. The van der Waals surface area contributed by atoms with E-state index in [1.54, 1.807) is 12.1 Å². The van der Waals surface area contributed by atoms with Crippen LogP contribution < -0.4 is 14.8 Å². The van der Waals surface area contributed by atoms with Crippen molar-refractivity contribution in [3.63, 3.8) is 0 Å². The van der Waals surface area contributed by atoms with Gasteiger partial charge in [0.15, 0.2) is 23.0 Å². The highest BCUT2D eigenvalue weighted by molar-refractivity contribution is 6.32. The van der Waals surface area contributed by atoms with Crippen LogP contribution in [0.1, 0.15) is 30.0 Å². The Balaban J connectivity index is 1.78. The molecule has 1 amide bonds. The minimum absolute atomic E-state index is 0.0673. The normalized spacial score (nSPS) is 11.0. The predicted octanol–water partition coefficient (Wildman–Crippen LogP) is 3.11. The highest BCUT2D eigenvalue weighted by Gasteiger charge is 2.17. The molecule has 2 aromatic heterocycles. The smallest absolute Gasteiger partial charge is 0.251 e. The van der Waals surface area contributed by atoms with Gasteiger partial charge in [-0.15, -0.1) is 10.2 Å². The van der Waals surface area contributed by atoms with E-state index in [1.807, 2.05) is 42.6 Å². The number of pyridine rings is 1. The first kappa shape index (κ1) is 18.0. The number of benzene rings is 1. The number of fused-ring (bicyclic) bond motifs is 1. The summed E-state index contributed by atoms with van der Waals surface area (Å²) in [5, 5.41) is 11.3. The summed E-state index contributed by atoms with van der Waals surface area (Å²) in [6.07, 6.45) is 1.77. The van der Waals surface area contributed by atoms with Crippen molar-refractivity contribution in [1.29, 1.82) is 0 Å². The zero-order valence-corrected chi connectivity index (χ0v) is 15.4. The molecule has 1 N–H and O–H groups in total. The Labute approximate surface area is 155 Å². The maximum absolute atomic E-state index is 12.5. The predicted molar refractivity (Wildman–Crippen MR) is 97.9 cm³/mol. The number of carbonyl (C=O) groups excluding carboxylic acids is 1. The monoisotopic (exact) mass is 374 g/mol. The van der Waals surface area contributed by atoms with Gasteiger partial charge in [0.05, 0.1) is 24.8 Å². The van der Waals surface area contributed by atoms with E-state index < -0.39 is 0 Å². The van der Waals surface area contributed by atoms with E-state index in [4.69, 9.17) is 21.1 Å². The van der Waals surface area contributed by atoms with Crippen LogP contribution >= 0.6 is 11.6 Å². The second-order valence-electron chi connectivity index (χ2n) is 5.88. The molecule has 2 heterocycles. The SMILES string of the molecule is COc1cc(C(=O)NCc2nnc3ccccn23)cc(Cl)c1OC(C)C. The van der Waals surface area contributed by atoms with E-state index in [-0.39, 0.29) is 18.6 Å². The molecule has 0 saturated carbocycles. The van der Waals surface area contributed by atoms with Crippen molar-refractivity contribution in [2.24, 2.45) is 0 Å². The van der Waals surface area contributed by atoms with E-state index in [1.165, 1.54) is 7.11 Å². The lowest BCUT2D eigenvalue weighted by atomic mass is 10.2. The highest BCUT2D eigenvalue weighted by Crippen LogP contribution is 2.37. The third-order valence-electron chi connectivity index (χ3n) is 3.64. The summed E-state index contributed by atoms with van der Waals surface area (Å²) in [5.41, 5.74) is 1.09. The van der Waals surface area contributed by atoms with Gasteiger partial charge in [-0.3, -0.25) is 9.20 Å². The summed E-state index contributed by atoms with van der Waals surface area (Å²) in [7, 11) is 1.50. The molecular weight excluding hydrogens is 356 g/mol. The van der Waals surface area contributed by atoms with E-state index in [9.17, 15) is 4.79 Å². The van der Waals surface area contributed by atoms with E-state index in [0.717, 1.165) is 5.65 Å². The topological polar surface area (TPSA) is 77.8 Å². The molecule has 3 aromatic rings. The van der Waals surface area contributed by atoms with Crippen molar-refractivity contribution < 1.29 is 14.3 Å². The molecule has 1 aromatic carbocycles. The van der Waals surface area contributed by atoms with E-state index >= 15 is 0 Å². The molecule has 136 valence electrons.